The first-order valence-corrected chi connectivity index (χ1v) is 8.37. The Labute approximate surface area is 157 Å². The van der Waals surface area contributed by atoms with Gasteiger partial charge >= 0.3 is 0 Å². The summed E-state index contributed by atoms with van der Waals surface area (Å²) in [6.07, 6.45) is -2.13. The van der Waals surface area contributed by atoms with Crippen molar-refractivity contribution < 1.29 is 35.4 Å². The molecule has 0 amide bonds. The highest BCUT2D eigenvalue weighted by Gasteiger charge is 2.32. The third-order valence-electron chi connectivity index (χ3n) is 4.79. The standard InChI is InChI=1S/C20H16O8/c21-10-5-13(23)11-7-15(25)20(28-16(11)6-10)9-3-8-1-2-12(22)18(26)17(8)19(27)14(24)4-9/h1-6,15,20-23,25-26H,7H2,(H,24,27)/t15-,20-/m1/s1. The Morgan fingerprint density at radius 2 is 1.64 bits per heavy atom. The van der Waals surface area contributed by atoms with Gasteiger partial charge in [-0.25, -0.2) is 0 Å². The van der Waals surface area contributed by atoms with Crippen LogP contribution in [0, 0.1) is 0 Å². The summed E-state index contributed by atoms with van der Waals surface area (Å²) in [5.41, 5.74) is -0.339. The normalized spacial score (nSPS) is 18.5. The maximum atomic E-state index is 12.4. The van der Waals surface area contributed by atoms with E-state index in [1.54, 1.807) is 0 Å². The maximum Gasteiger partial charge on any atom is 0.231 e. The van der Waals surface area contributed by atoms with Gasteiger partial charge in [-0.3, -0.25) is 4.79 Å². The molecular weight excluding hydrogens is 368 g/mol. The second-order valence-corrected chi connectivity index (χ2v) is 6.65. The van der Waals surface area contributed by atoms with Crippen LogP contribution in [0.5, 0.6) is 34.5 Å². The van der Waals surface area contributed by atoms with E-state index in [4.69, 9.17) is 4.74 Å². The summed E-state index contributed by atoms with van der Waals surface area (Å²) in [7, 11) is 0. The molecule has 0 fully saturated rings. The van der Waals surface area contributed by atoms with Crippen LogP contribution in [-0.4, -0.2) is 36.7 Å². The Bertz CT molecular complexity index is 1170. The Balaban J connectivity index is 1.91. The predicted octanol–water partition coefficient (Wildman–Crippen LogP) is 1.77. The molecule has 0 saturated carbocycles. The molecule has 0 bridgehead atoms. The summed E-state index contributed by atoms with van der Waals surface area (Å²) < 4.78 is 5.74. The van der Waals surface area contributed by atoms with Gasteiger partial charge in [0, 0.05) is 24.1 Å². The van der Waals surface area contributed by atoms with Crippen molar-refractivity contribution in [3.05, 3.63) is 57.7 Å². The van der Waals surface area contributed by atoms with Crippen molar-refractivity contribution in [2.45, 2.75) is 18.6 Å². The second kappa shape index (κ2) is 6.21. The largest absolute Gasteiger partial charge is 0.508 e. The smallest absolute Gasteiger partial charge is 0.231 e. The fourth-order valence-electron chi connectivity index (χ4n) is 3.44. The Hall–Kier alpha value is -3.65. The first kappa shape index (κ1) is 17.7. The highest BCUT2D eigenvalue weighted by Crippen LogP contribution is 2.42. The van der Waals surface area contributed by atoms with Gasteiger partial charge in [-0.1, -0.05) is 6.07 Å². The number of aliphatic hydroxyl groups is 1. The molecule has 3 aromatic carbocycles. The summed E-state index contributed by atoms with van der Waals surface area (Å²) in [6.45, 7) is 0. The first-order chi connectivity index (χ1) is 13.3. The number of fused-ring (bicyclic) bond motifs is 2. The van der Waals surface area contributed by atoms with Gasteiger partial charge in [0.1, 0.15) is 23.4 Å². The molecule has 1 heterocycles. The summed E-state index contributed by atoms with van der Waals surface area (Å²) >= 11 is 0. The highest BCUT2D eigenvalue weighted by molar-refractivity contribution is 5.90. The van der Waals surface area contributed by atoms with Crippen molar-refractivity contribution >= 4 is 10.8 Å². The highest BCUT2D eigenvalue weighted by atomic mass is 16.5. The second-order valence-electron chi connectivity index (χ2n) is 6.65. The number of phenols is 4. The third kappa shape index (κ3) is 2.71. The molecule has 3 aromatic rings. The lowest BCUT2D eigenvalue weighted by molar-refractivity contribution is 0.0198. The van der Waals surface area contributed by atoms with Crippen molar-refractivity contribution in [2.75, 3.05) is 0 Å². The van der Waals surface area contributed by atoms with Crippen molar-refractivity contribution in [3.63, 3.8) is 0 Å². The lowest BCUT2D eigenvalue weighted by Gasteiger charge is -2.31. The fraction of sp³-hybridized carbons (Fsp3) is 0.150. The number of rotatable bonds is 1. The summed E-state index contributed by atoms with van der Waals surface area (Å²) in [5, 5.41) is 59.9. The summed E-state index contributed by atoms with van der Waals surface area (Å²) in [6, 6.07) is 7.56. The van der Waals surface area contributed by atoms with E-state index in [0.29, 0.717) is 5.56 Å². The summed E-state index contributed by atoms with van der Waals surface area (Å²) in [5.74, 6) is -2.16. The van der Waals surface area contributed by atoms with Crippen molar-refractivity contribution in [2.24, 2.45) is 0 Å². The van der Waals surface area contributed by atoms with Crippen molar-refractivity contribution in [3.8, 4) is 34.5 Å². The number of aliphatic hydroxyl groups excluding tert-OH is 1. The monoisotopic (exact) mass is 384 g/mol. The van der Waals surface area contributed by atoms with E-state index in [2.05, 4.69) is 0 Å². The molecule has 28 heavy (non-hydrogen) atoms. The van der Waals surface area contributed by atoms with Crippen LogP contribution >= 0.6 is 0 Å². The molecule has 8 heteroatoms. The predicted molar refractivity (Wildman–Crippen MR) is 98.1 cm³/mol. The number of phenolic OH excluding ortho intramolecular Hbond substituents is 4. The third-order valence-corrected chi connectivity index (χ3v) is 4.79. The molecule has 8 nitrogen and oxygen atoms in total. The average molecular weight is 384 g/mol. The Morgan fingerprint density at radius 3 is 2.39 bits per heavy atom. The van der Waals surface area contributed by atoms with E-state index in [1.807, 2.05) is 0 Å². The molecule has 4 rings (SSSR count). The van der Waals surface area contributed by atoms with Crippen LogP contribution in [0.25, 0.3) is 10.8 Å². The molecule has 1 aliphatic rings. The van der Waals surface area contributed by atoms with Crippen LogP contribution in [0.4, 0.5) is 0 Å². The number of benzene rings is 2. The number of aromatic hydroxyl groups is 5. The van der Waals surface area contributed by atoms with Crippen LogP contribution in [0.15, 0.2) is 41.2 Å². The Morgan fingerprint density at radius 1 is 0.893 bits per heavy atom. The molecule has 0 saturated heterocycles. The van der Waals surface area contributed by atoms with Gasteiger partial charge in [-0.2, -0.15) is 0 Å². The van der Waals surface area contributed by atoms with Gasteiger partial charge < -0.3 is 35.4 Å². The van der Waals surface area contributed by atoms with Gasteiger partial charge in [-0.15, -0.1) is 0 Å². The minimum Gasteiger partial charge on any atom is -0.508 e. The minimum absolute atomic E-state index is 0.0136. The maximum absolute atomic E-state index is 12.4. The van der Waals surface area contributed by atoms with Gasteiger partial charge in [0.2, 0.25) is 5.43 Å². The van der Waals surface area contributed by atoms with Crippen molar-refractivity contribution in [1.29, 1.82) is 0 Å². The molecule has 0 aromatic heterocycles. The lowest BCUT2D eigenvalue weighted by Crippen LogP contribution is -2.30. The van der Waals surface area contributed by atoms with Crippen LogP contribution in [0.1, 0.15) is 17.2 Å². The molecular formula is C20H16O8. The number of ether oxygens (including phenoxy) is 1. The van der Waals surface area contributed by atoms with Crippen molar-refractivity contribution in [1.82, 2.24) is 0 Å². The zero-order chi connectivity index (χ0) is 20.2. The van der Waals surface area contributed by atoms with Crippen LogP contribution in [0.2, 0.25) is 0 Å². The van der Waals surface area contributed by atoms with E-state index >= 15 is 0 Å². The topological polar surface area (TPSA) is 148 Å². The molecule has 6 N–H and O–H groups in total. The SMILES string of the molecule is O=c1c(O)cc([C@H]2Oc3cc(O)cc(O)c3C[C@H]2O)cc2ccc(O)c(O)c12. The molecule has 1 aliphatic heterocycles. The van der Waals surface area contributed by atoms with E-state index in [9.17, 15) is 35.4 Å². The van der Waals surface area contributed by atoms with E-state index in [0.717, 1.165) is 12.1 Å². The minimum atomic E-state index is -1.12. The van der Waals surface area contributed by atoms with Crippen LogP contribution in [0.3, 0.4) is 0 Å². The summed E-state index contributed by atoms with van der Waals surface area (Å²) in [4.78, 5) is 12.4. The van der Waals surface area contributed by atoms with Gasteiger partial charge in [-0.05, 0) is 29.1 Å². The van der Waals surface area contributed by atoms with Crippen LogP contribution in [-0.2, 0) is 6.42 Å². The van der Waals surface area contributed by atoms with Crippen LogP contribution < -0.4 is 10.2 Å². The Kier molecular flexibility index (Phi) is 3.93. The zero-order valence-corrected chi connectivity index (χ0v) is 14.3. The zero-order valence-electron chi connectivity index (χ0n) is 14.3. The molecule has 2 atom stereocenters. The number of hydrogen-bond acceptors (Lipinski definition) is 8. The molecule has 0 spiro atoms. The number of hydrogen-bond donors (Lipinski definition) is 6. The average Bonchev–Trinajstić information content (AvgIpc) is 2.76. The molecule has 144 valence electrons. The quantitative estimate of drug-likeness (QED) is 0.348. The van der Waals surface area contributed by atoms with E-state index in [1.165, 1.54) is 24.3 Å². The lowest BCUT2D eigenvalue weighted by atomic mass is 9.94. The molecule has 0 aliphatic carbocycles. The fourth-order valence-corrected chi connectivity index (χ4v) is 3.44. The van der Waals surface area contributed by atoms with Gasteiger partial charge in [0.25, 0.3) is 0 Å². The molecule has 0 unspecified atom stereocenters. The van der Waals surface area contributed by atoms with Gasteiger partial charge in [0.05, 0.1) is 11.5 Å². The van der Waals surface area contributed by atoms with Gasteiger partial charge in [0.15, 0.2) is 17.2 Å². The van der Waals surface area contributed by atoms with E-state index < -0.39 is 34.9 Å². The molecule has 0 radical (unpaired) electrons. The van der Waals surface area contributed by atoms with E-state index in [-0.39, 0.29) is 40.0 Å². The first-order valence-electron chi connectivity index (χ1n) is 8.37.